The van der Waals surface area contributed by atoms with E-state index in [1.165, 1.54) is 96.1 Å². The van der Waals surface area contributed by atoms with E-state index >= 15 is 0 Å². The molecule has 0 radical (unpaired) electrons. The average molecular weight is 624 g/mol. The Bertz CT molecular complexity index is 1730. The van der Waals surface area contributed by atoms with E-state index in [-0.39, 0.29) is 5.41 Å². The van der Waals surface area contributed by atoms with Gasteiger partial charge >= 0.3 is 0 Å². The molecule has 1 nitrogen and oxygen atoms in total. The Balaban J connectivity index is 1.45. The first-order chi connectivity index (χ1) is 22.4. The number of nitrogens with zero attached hydrogens (tertiary/aromatic N) is 1. The van der Waals surface area contributed by atoms with Crippen LogP contribution in [0.1, 0.15) is 141 Å². The first kappa shape index (κ1) is 32.2. The van der Waals surface area contributed by atoms with Crippen LogP contribution in [0.3, 0.4) is 0 Å². The van der Waals surface area contributed by atoms with Gasteiger partial charge in [-0.05, 0) is 151 Å². The summed E-state index contributed by atoms with van der Waals surface area (Å²) in [6.45, 7) is 19.6. The van der Waals surface area contributed by atoms with Crippen LogP contribution in [0.5, 0.6) is 0 Å². The summed E-state index contributed by atoms with van der Waals surface area (Å²) in [5.74, 6) is 1.14. The highest BCUT2D eigenvalue weighted by Crippen LogP contribution is 2.55. The normalized spacial score (nSPS) is 20.2. The molecule has 2 saturated carbocycles. The SMILES string of the molecule is CC(C)N(c1cc2c(cc1C1CCC(C)(C)CC1)-c1ccccc1C2(C)C)c1cccc(-c2ccccc2)c1C1CCC(C)(C)CC1. The monoisotopic (exact) mass is 623 g/mol. The molecule has 0 bridgehead atoms. The van der Waals surface area contributed by atoms with E-state index in [0.29, 0.717) is 28.7 Å². The zero-order valence-electron chi connectivity index (χ0n) is 30.4. The summed E-state index contributed by atoms with van der Waals surface area (Å²) in [5, 5.41) is 0. The van der Waals surface area contributed by atoms with Crippen molar-refractivity contribution < 1.29 is 0 Å². The predicted molar refractivity (Wildman–Crippen MR) is 203 cm³/mol. The Kier molecular flexibility index (Phi) is 8.22. The zero-order valence-corrected chi connectivity index (χ0v) is 30.4. The molecular weight excluding hydrogens is 567 g/mol. The molecule has 1 heteroatoms. The Hall–Kier alpha value is -3.32. The van der Waals surface area contributed by atoms with Gasteiger partial charge in [-0.3, -0.25) is 0 Å². The maximum atomic E-state index is 2.77. The van der Waals surface area contributed by atoms with Gasteiger partial charge in [-0.2, -0.15) is 0 Å². The van der Waals surface area contributed by atoms with E-state index in [4.69, 9.17) is 0 Å². The molecule has 3 aliphatic carbocycles. The van der Waals surface area contributed by atoms with E-state index in [0.717, 1.165) is 0 Å². The Labute approximate surface area is 285 Å². The molecule has 0 atom stereocenters. The maximum absolute atomic E-state index is 2.77. The first-order valence-corrected chi connectivity index (χ1v) is 18.6. The van der Waals surface area contributed by atoms with Crippen LogP contribution in [0, 0.1) is 10.8 Å². The van der Waals surface area contributed by atoms with Gasteiger partial charge in [-0.25, -0.2) is 0 Å². The van der Waals surface area contributed by atoms with Crippen molar-refractivity contribution >= 4 is 11.4 Å². The van der Waals surface area contributed by atoms with Crippen molar-refractivity contribution in [3.8, 4) is 22.3 Å². The third-order valence-corrected chi connectivity index (χ3v) is 12.5. The smallest absolute Gasteiger partial charge is 0.0454 e. The Morgan fingerprint density at radius 2 is 1.13 bits per heavy atom. The van der Waals surface area contributed by atoms with Crippen molar-refractivity contribution in [1.82, 2.24) is 0 Å². The minimum atomic E-state index is -0.0277. The van der Waals surface area contributed by atoms with Crippen molar-refractivity contribution in [2.75, 3.05) is 4.90 Å². The lowest BCUT2D eigenvalue weighted by Gasteiger charge is -2.41. The third kappa shape index (κ3) is 5.87. The summed E-state index contributed by atoms with van der Waals surface area (Å²) in [4.78, 5) is 2.77. The first-order valence-electron chi connectivity index (χ1n) is 18.6. The van der Waals surface area contributed by atoms with Gasteiger partial charge in [-0.1, -0.05) is 108 Å². The van der Waals surface area contributed by atoms with Crippen LogP contribution in [0.25, 0.3) is 22.3 Å². The van der Waals surface area contributed by atoms with Crippen LogP contribution in [-0.4, -0.2) is 6.04 Å². The van der Waals surface area contributed by atoms with Crippen LogP contribution < -0.4 is 4.90 Å². The average Bonchev–Trinajstić information content (AvgIpc) is 3.27. The van der Waals surface area contributed by atoms with Gasteiger partial charge in [0.1, 0.15) is 0 Å². The minimum Gasteiger partial charge on any atom is -0.338 e. The predicted octanol–water partition coefficient (Wildman–Crippen LogP) is 13.6. The topological polar surface area (TPSA) is 3.24 Å². The molecule has 2 fully saturated rings. The molecule has 0 spiro atoms. The van der Waals surface area contributed by atoms with E-state index in [9.17, 15) is 0 Å². The number of fused-ring (bicyclic) bond motifs is 3. The highest BCUT2D eigenvalue weighted by Gasteiger charge is 2.39. The van der Waals surface area contributed by atoms with Gasteiger partial charge in [0.15, 0.2) is 0 Å². The molecule has 0 aromatic heterocycles. The lowest BCUT2D eigenvalue weighted by molar-refractivity contribution is 0.224. The van der Waals surface area contributed by atoms with Gasteiger partial charge in [-0.15, -0.1) is 0 Å². The Morgan fingerprint density at radius 3 is 1.77 bits per heavy atom. The molecule has 0 aliphatic heterocycles. The van der Waals surface area contributed by atoms with E-state index in [2.05, 4.69) is 145 Å². The van der Waals surface area contributed by atoms with Gasteiger partial charge in [0.05, 0.1) is 0 Å². The molecular formula is C46H57N. The van der Waals surface area contributed by atoms with E-state index in [1.807, 2.05) is 0 Å². The van der Waals surface area contributed by atoms with Crippen LogP contribution in [0.4, 0.5) is 11.4 Å². The summed E-state index contributed by atoms with van der Waals surface area (Å²) in [6, 6.07) is 33.2. The van der Waals surface area contributed by atoms with Crippen LogP contribution in [-0.2, 0) is 5.41 Å². The second-order valence-corrected chi connectivity index (χ2v) is 17.6. The second kappa shape index (κ2) is 12.0. The lowest BCUT2D eigenvalue weighted by Crippen LogP contribution is -2.30. The molecule has 47 heavy (non-hydrogen) atoms. The third-order valence-electron chi connectivity index (χ3n) is 12.5. The molecule has 7 rings (SSSR count). The summed E-state index contributed by atoms with van der Waals surface area (Å²) in [5.41, 5.74) is 15.5. The molecule has 0 unspecified atom stereocenters. The highest BCUT2D eigenvalue weighted by molar-refractivity contribution is 5.86. The van der Waals surface area contributed by atoms with Crippen LogP contribution in [0.15, 0.2) is 84.9 Å². The summed E-state index contributed by atoms with van der Waals surface area (Å²) >= 11 is 0. The number of anilines is 2. The number of hydrogen-bond donors (Lipinski definition) is 0. The molecule has 0 heterocycles. The molecule has 3 aliphatic rings. The number of hydrogen-bond acceptors (Lipinski definition) is 1. The van der Waals surface area contributed by atoms with Crippen LogP contribution in [0.2, 0.25) is 0 Å². The van der Waals surface area contributed by atoms with Crippen molar-refractivity contribution in [1.29, 1.82) is 0 Å². The standard InChI is InChI=1S/C46H57N/c1-31(2)47(41-20-14-18-35(32-15-10-9-11-16-32)43(41)34-23-27-45(5,6)28-24-34)42-30-40-38(36-17-12-13-19-39(36)46(40,7)8)29-37(42)33-21-25-44(3,4)26-22-33/h9-20,29-31,33-34H,21-28H2,1-8H3. The highest BCUT2D eigenvalue weighted by atomic mass is 15.2. The van der Waals surface area contributed by atoms with Gasteiger partial charge in [0.25, 0.3) is 0 Å². The quantitative estimate of drug-likeness (QED) is 0.206. The number of rotatable bonds is 6. The van der Waals surface area contributed by atoms with Gasteiger partial charge in [0, 0.05) is 22.8 Å². The largest absolute Gasteiger partial charge is 0.338 e. The van der Waals surface area contributed by atoms with E-state index in [1.54, 1.807) is 11.1 Å². The Morgan fingerprint density at radius 1 is 0.553 bits per heavy atom. The number of benzene rings is 4. The fourth-order valence-corrected chi connectivity index (χ4v) is 9.43. The second-order valence-electron chi connectivity index (χ2n) is 17.6. The minimum absolute atomic E-state index is 0.0277. The van der Waals surface area contributed by atoms with Crippen molar-refractivity contribution in [3.63, 3.8) is 0 Å². The molecule has 4 aromatic rings. The van der Waals surface area contributed by atoms with Gasteiger partial charge in [0.2, 0.25) is 0 Å². The summed E-state index contributed by atoms with van der Waals surface area (Å²) < 4.78 is 0. The van der Waals surface area contributed by atoms with Gasteiger partial charge < -0.3 is 4.90 Å². The summed E-state index contributed by atoms with van der Waals surface area (Å²) in [6.07, 6.45) is 10.2. The fraction of sp³-hybridized carbons (Fsp3) is 0.478. The molecule has 0 saturated heterocycles. The van der Waals surface area contributed by atoms with Crippen molar-refractivity contribution in [2.24, 2.45) is 10.8 Å². The molecule has 246 valence electrons. The zero-order chi connectivity index (χ0) is 33.1. The molecule has 4 aromatic carbocycles. The van der Waals surface area contributed by atoms with E-state index < -0.39 is 0 Å². The molecule has 0 amide bonds. The molecule has 0 N–H and O–H groups in total. The van der Waals surface area contributed by atoms with Crippen molar-refractivity contribution in [3.05, 3.63) is 107 Å². The lowest BCUT2D eigenvalue weighted by atomic mass is 9.69. The maximum Gasteiger partial charge on any atom is 0.0454 e. The van der Waals surface area contributed by atoms with Crippen LogP contribution >= 0.6 is 0 Å². The fourth-order valence-electron chi connectivity index (χ4n) is 9.43. The summed E-state index contributed by atoms with van der Waals surface area (Å²) in [7, 11) is 0. The van der Waals surface area contributed by atoms with Crippen molar-refractivity contribution in [2.45, 2.75) is 130 Å².